The molecular weight excluding hydrogens is 270 g/mol. The molecule has 0 aliphatic rings. The minimum atomic E-state index is 0.276. The van der Waals surface area contributed by atoms with Crippen LogP contribution in [0, 0.1) is 0 Å². The molecule has 2 aromatic rings. The van der Waals surface area contributed by atoms with E-state index in [4.69, 9.17) is 19.9 Å². The second kappa shape index (κ2) is 7.44. The normalized spacial score (nSPS) is 10.2. The average Bonchev–Trinajstić information content (AvgIpc) is 2.54. The largest absolute Gasteiger partial charge is 0.493 e. The van der Waals surface area contributed by atoms with Crippen molar-refractivity contribution < 1.29 is 14.2 Å². The molecule has 0 saturated heterocycles. The van der Waals surface area contributed by atoms with Crippen molar-refractivity contribution in [2.75, 3.05) is 20.8 Å². The standard InChI is InChI=1S/C15H19N3O3/c1-19-14-6-8-17-13(15(14)20-2)10-21-12-4-3-11(5-7-16)18-9-12/h3-4,6,8-9H,5,7,10,16H2,1-2H3. The Morgan fingerprint density at radius 2 is 1.95 bits per heavy atom. The first kappa shape index (κ1) is 15.1. The Labute approximate surface area is 123 Å². The van der Waals surface area contributed by atoms with Crippen LogP contribution in [0.2, 0.25) is 0 Å². The molecule has 0 aliphatic heterocycles. The van der Waals surface area contributed by atoms with Crippen molar-refractivity contribution in [1.82, 2.24) is 9.97 Å². The Hall–Kier alpha value is -2.34. The maximum Gasteiger partial charge on any atom is 0.185 e. The maximum absolute atomic E-state index is 5.68. The van der Waals surface area contributed by atoms with Crippen LogP contribution in [-0.4, -0.2) is 30.7 Å². The summed E-state index contributed by atoms with van der Waals surface area (Å²) >= 11 is 0. The van der Waals surface area contributed by atoms with E-state index in [2.05, 4.69) is 9.97 Å². The van der Waals surface area contributed by atoms with Crippen molar-refractivity contribution >= 4 is 0 Å². The lowest BCUT2D eigenvalue weighted by molar-refractivity contribution is 0.284. The lowest BCUT2D eigenvalue weighted by Gasteiger charge is -2.12. The number of ether oxygens (including phenoxy) is 3. The van der Waals surface area contributed by atoms with Crippen molar-refractivity contribution in [3.8, 4) is 17.2 Å². The first-order valence-electron chi connectivity index (χ1n) is 6.62. The summed E-state index contributed by atoms with van der Waals surface area (Å²) in [6.07, 6.45) is 4.09. The molecule has 6 nitrogen and oxygen atoms in total. The zero-order valence-corrected chi connectivity index (χ0v) is 12.2. The number of rotatable bonds is 7. The van der Waals surface area contributed by atoms with Crippen LogP contribution >= 0.6 is 0 Å². The van der Waals surface area contributed by atoms with E-state index in [-0.39, 0.29) is 6.61 Å². The zero-order chi connectivity index (χ0) is 15.1. The molecule has 2 heterocycles. The van der Waals surface area contributed by atoms with Crippen LogP contribution in [0.3, 0.4) is 0 Å². The fourth-order valence-corrected chi connectivity index (χ4v) is 1.90. The summed E-state index contributed by atoms with van der Waals surface area (Å²) in [6, 6.07) is 5.51. The highest BCUT2D eigenvalue weighted by molar-refractivity contribution is 5.42. The molecule has 0 saturated carbocycles. The molecule has 0 atom stereocenters. The molecule has 112 valence electrons. The van der Waals surface area contributed by atoms with Gasteiger partial charge in [0.25, 0.3) is 0 Å². The van der Waals surface area contributed by atoms with E-state index in [1.807, 2.05) is 12.1 Å². The molecule has 6 heteroatoms. The number of nitrogens with two attached hydrogens (primary N) is 1. The Kier molecular flexibility index (Phi) is 5.34. The van der Waals surface area contributed by atoms with Crippen LogP contribution in [0.4, 0.5) is 0 Å². The first-order chi connectivity index (χ1) is 10.3. The topological polar surface area (TPSA) is 79.5 Å². The number of nitrogens with zero attached hydrogens (tertiary/aromatic N) is 2. The number of aromatic nitrogens is 2. The van der Waals surface area contributed by atoms with Crippen molar-refractivity contribution in [3.05, 3.63) is 42.0 Å². The third-order valence-corrected chi connectivity index (χ3v) is 2.94. The van der Waals surface area contributed by atoms with Gasteiger partial charge in [-0.2, -0.15) is 0 Å². The fraction of sp³-hybridized carbons (Fsp3) is 0.333. The number of pyridine rings is 2. The summed E-state index contributed by atoms with van der Waals surface area (Å²) in [5.74, 6) is 1.87. The summed E-state index contributed by atoms with van der Waals surface area (Å²) in [4.78, 5) is 8.53. The summed E-state index contributed by atoms with van der Waals surface area (Å²) in [7, 11) is 3.16. The van der Waals surface area contributed by atoms with Gasteiger partial charge in [-0.25, -0.2) is 0 Å². The van der Waals surface area contributed by atoms with Gasteiger partial charge in [0, 0.05) is 24.4 Å². The predicted molar refractivity (Wildman–Crippen MR) is 78.7 cm³/mol. The molecule has 0 spiro atoms. The Morgan fingerprint density at radius 3 is 2.57 bits per heavy atom. The van der Waals surface area contributed by atoms with Crippen LogP contribution in [0.15, 0.2) is 30.6 Å². The molecule has 0 bridgehead atoms. The van der Waals surface area contributed by atoms with Crippen LogP contribution in [0.25, 0.3) is 0 Å². The molecule has 0 aliphatic carbocycles. The van der Waals surface area contributed by atoms with Gasteiger partial charge >= 0.3 is 0 Å². The molecule has 2 N–H and O–H groups in total. The molecule has 2 aromatic heterocycles. The Bertz CT molecular complexity index is 573. The minimum Gasteiger partial charge on any atom is -0.493 e. The van der Waals surface area contributed by atoms with Crippen LogP contribution in [0.1, 0.15) is 11.4 Å². The number of methoxy groups -OCH3 is 2. The van der Waals surface area contributed by atoms with Gasteiger partial charge in [0.15, 0.2) is 11.5 Å². The van der Waals surface area contributed by atoms with E-state index in [1.165, 1.54) is 0 Å². The van der Waals surface area contributed by atoms with Gasteiger partial charge in [-0.3, -0.25) is 9.97 Å². The van der Waals surface area contributed by atoms with E-state index in [0.29, 0.717) is 29.5 Å². The van der Waals surface area contributed by atoms with Crippen molar-refractivity contribution in [3.63, 3.8) is 0 Å². The van der Waals surface area contributed by atoms with Gasteiger partial charge in [0.2, 0.25) is 0 Å². The van der Waals surface area contributed by atoms with E-state index in [1.54, 1.807) is 32.7 Å². The van der Waals surface area contributed by atoms with Crippen molar-refractivity contribution in [2.24, 2.45) is 5.73 Å². The second-order valence-electron chi connectivity index (χ2n) is 4.31. The van der Waals surface area contributed by atoms with E-state index in [0.717, 1.165) is 12.1 Å². The third kappa shape index (κ3) is 3.82. The quantitative estimate of drug-likeness (QED) is 0.833. The van der Waals surface area contributed by atoms with Gasteiger partial charge in [0.1, 0.15) is 18.1 Å². The minimum absolute atomic E-state index is 0.276. The highest BCUT2D eigenvalue weighted by atomic mass is 16.5. The van der Waals surface area contributed by atoms with Gasteiger partial charge in [-0.15, -0.1) is 0 Å². The first-order valence-corrected chi connectivity index (χ1v) is 6.62. The summed E-state index contributed by atoms with van der Waals surface area (Å²) in [6.45, 7) is 0.858. The van der Waals surface area contributed by atoms with Crippen LogP contribution in [0.5, 0.6) is 17.2 Å². The molecule has 0 radical (unpaired) electrons. The Morgan fingerprint density at radius 1 is 1.10 bits per heavy atom. The highest BCUT2D eigenvalue weighted by Crippen LogP contribution is 2.29. The van der Waals surface area contributed by atoms with Gasteiger partial charge in [-0.05, 0) is 18.7 Å². The van der Waals surface area contributed by atoms with Crippen molar-refractivity contribution in [2.45, 2.75) is 13.0 Å². The second-order valence-corrected chi connectivity index (χ2v) is 4.31. The van der Waals surface area contributed by atoms with Crippen LogP contribution in [-0.2, 0) is 13.0 Å². The van der Waals surface area contributed by atoms with Gasteiger partial charge < -0.3 is 19.9 Å². The van der Waals surface area contributed by atoms with E-state index in [9.17, 15) is 0 Å². The molecular formula is C15H19N3O3. The SMILES string of the molecule is COc1ccnc(COc2ccc(CCN)nc2)c1OC. The monoisotopic (exact) mass is 289 g/mol. The Balaban J connectivity index is 2.05. The lowest BCUT2D eigenvalue weighted by Crippen LogP contribution is -2.05. The molecule has 2 rings (SSSR count). The fourth-order valence-electron chi connectivity index (χ4n) is 1.90. The number of hydrogen-bond donors (Lipinski definition) is 1. The third-order valence-electron chi connectivity index (χ3n) is 2.94. The van der Waals surface area contributed by atoms with Crippen molar-refractivity contribution in [1.29, 1.82) is 0 Å². The molecule has 0 unspecified atom stereocenters. The van der Waals surface area contributed by atoms with E-state index < -0.39 is 0 Å². The van der Waals surface area contributed by atoms with Gasteiger partial charge in [0.05, 0.1) is 20.4 Å². The maximum atomic E-state index is 5.68. The number of hydrogen-bond acceptors (Lipinski definition) is 6. The summed E-state index contributed by atoms with van der Waals surface area (Å²) in [5.41, 5.74) is 7.10. The predicted octanol–water partition coefficient (Wildman–Crippen LogP) is 1.57. The molecule has 0 aromatic carbocycles. The van der Waals surface area contributed by atoms with Crippen LogP contribution < -0.4 is 19.9 Å². The van der Waals surface area contributed by atoms with E-state index >= 15 is 0 Å². The average molecular weight is 289 g/mol. The molecule has 21 heavy (non-hydrogen) atoms. The molecule has 0 fully saturated rings. The molecule has 0 amide bonds. The summed E-state index contributed by atoms with van der Waals surface area (Å²) < 4.78 is 16.2. The smallest absolute Gasteiger partial charge is 0.185 e. The zero-order valence-electron chi connectivity index (χ0n) is 12.2. The summed E-state index contributed by atoms with van der Waals surface area (Å²) in [5, 5.41) is 0. The highest BCUT2D eigenvalue weighted by Gasteiger charge is 2.11. The lowest BCUT2D eigenvalue weighted by atomic mass is 10.2. The van der Waals surface area contributed by atoms with Gasteiger partial charge in [-0.1, -0.05) is 0 Å².